The normalized spacial score (nSPS) is 19.0. The zero-order chi connectivity index (χ0) is 22.3. The highest BCUT2D eigenvalue weighted by molar-refractivity contribution is 5.91. The molecule has 168 valence electrons. The van der Waals surface area contributed by atoms with Gasteiger partial charge in [-0.3, -0.25) is 4.79 Å². The molecular weight excluding hydrogens is 401 g/mol. The highest BCUT2D eigenvalue weighted by Crippen LogP contribution is 2.44. The van der Waals surface area contributed by atoms with Gasteiger partial charge in [0.1, 0.15) is 11.3 Å². The maximum atomic E-state index is 15.2. The molecule has 1 N–H and O–H groups in total. The van der Waals surface area contributed by atoms with E-state index in [2.05, 4.69) is 5.32 Å². The fourth-order valence-corrected chi connectivity index (χ4v) is 4.28. The van der Waals surface area contributed by atoms with Crippen LogP contribution in [0.4, 0.5) is 14.9 Å². The van der Waals surface area contributed by atoms with E-state index >= 15 is 4.39 Å². The standard InChI is InChI=1S/C23H30FN3O4/c1-23(2,3)31-22(29)25-12-14-9-10-26(13-14)20-17(24)11-15-5-8-18(28)27(16-6-7-16)19(15)21(20)30-4/h5,8,11,14,16H,6-7,9-10,12-13H2,1-4H3,(H,25,29). The molecular formula is C23H30FN3O4. The number of fused-ring (bicyclic) bond motifs is 1. The van der Waals surface area contributed by atoms with Crippen LogP contribution in [0, 0.1) is 11.7 Å². The van der Waals surface area contributed by atoms with Crippen LogP contribution in [0.5, 0.6) is 5.75 Å². The second-order valence-electron chi connectivity index (χ2n) is 9.43. The van der Waals surface area contributed by atoms with E-state index in [1.165, 1.54) is 19.2 Å². The number of pyridine rings is 1. The third-order valence-corrected chi connectivity index (χ3v) is 5.75. The predicted octanol–water partition coefficient (Wildman–Crippen LogP) is 3.84. The van der Waals surface area contributed by atoms with Gasteiger partial charge in [0, 0.05) is 37.1 Å². The molecule has 1 aromatic heterocycles. The quantitative estimate of drug-likeness (QED) is 0.779. The number of hydrogen-bond donors (Lipinski definition) is 1. The molecule has 1 saturated carbocycles. The third-order valence-electron chi connectivity index (χ3n) is 5.75. The molecule has 2 aliphatic rings. The molecule has 1 aromatic carbocycles. The van der Waals surface area contributed by atoms with Crippen molar-refractivity contribution in [2.75, 3.05) is 31.6 Å². The van der Waals surface area contributed by atoms with Crippen molar-refractivity contribution in [2.24, 2.45) is 5.92 Å². The van der Waals surface area contributed by atoms with E-state index in [9.17, 15) is 9.59 Å². The summed E-state index contributed by atoms with van der Waals surface area (Å²) in [7, 11) is 1.52. The van der Waals surface area contributed by atoms with Crippen molar-refractivity contribution >= 4 is 22.7 Å². The Morgan fingerprint density at radius 1 is 1.26 bits per heavy atom. The summed E-state index contributed by atoms with van der Waals surface area (Å²) in [6, 6.07) is 4.78. The number of halogens is 1. The van der Waals surface area contributed by atoms with Crippen LogP contribution in [0.25, 0.3) is 10.9 Å². The van der Waals surface area contributed by atoms with Gasteiger partial charge in [-0.25, -0.2) is 9.18 Å². The van der Waals surface area contributed by atoms with Gasteiger partial charge < -0.3 is 24.3 Å². The Morgan fingerprint density at radius 3 is 2.65 bits per heavy atom. The van der Waals surface area contributed by atoms with Gasteiger partial charge in [-0.15, -0.1) is 0 Å². The number of hydrogen-bond acceptors (Lipinski definition) is 5. The second kappa shape index (κ2) is 8.05. The molecule has 31 heavy (non-hydrogen) atoms. The molecule has 0 spiro atoms. The summed E-state index contributed by atoms with van der Waals surface area (Å²) in [6.45, 7) is 7.13. The fraction of sp³-hybridized carbons (Fsp3) is 0.565. The Bertz CT molecular complexity index is 1060. The maximum absolute atomic E-state index is 15.2. The molecule has 1 unspecified atom stereocenters. The summed E-state index contributed by atoms with van der Waals surface area (Å²) in [5, 5.41) is 3.47. The van der Waals surface area contributed by atoms with Crippen LogP contribution < -0.4 is 20.5 Å². The SMILES string of the molecule is COc1c(N2CCC(CNC(=O)OC(C)(C)C)C2)c(F)cc2ccc(=O)n(C3CC3)c12. The van der Waals surface area contributed by atoms with Crippen LogP contribution in [0.1, 0.15) is 46.1 Å². The Hall–Kier alpha value is -2.77. The molecule has 2 fully saturated rings. The molecule has 2 aromatic rings. The number of nitrogens with one attached hydrogen (secondary N) is 1. The Balaban J connectivity index is 1.59. The Morgan fingerprint density at radius 2 is 2.00 bits per heavy atom. The molecule has 1 saturated heterocycles. The van der Waals surface area contributed by atoms with Crippen LogP contribution in [0.3, 0.4) is 0 Å². The van der Waals surface area contributed by atoms with Crippen LogP contribution in [-0.2, 0) is 4.74 Å². The summed E-state index contributed by atoms with van der Waals surface area (Å²) < 4.78 is 27.9. The van der Waals surface area contributed by atoms with E-state index in [-0.39, 0.29) is 23.3 Å². The number of amides is 1. The first-order valence-electron chi connectivity index (χ1n) is 10.8. The van der Waals surface area contributed by atoms with Gasteiger partial charge in [0.25, 0.3) is 5.56 Å². The maximum Gasteiger partial charge on any atom is 0.407 e. The number of carbonyl (C=O) groups is 1. The lowest BCUT2D eigenvalue weighted by Crippen LogP contribution is -2.36. The van der Waals surface area contributed by atoms with E-state index in [4.69, 9.17) is 9.47 Å². The van der Waals surface area contributed by atoms with Crippen molar-refractivity contribution in [1.82, 2.24) is 9.88 Å². The lowest BCUT2D eigenvalue weighted by molar-refractivity contribution is 0.0520. The van der Waals surface area contributed by atoms with Crippen molar-refractivity contribution in [1.29, 1.82) is 0 Å². The zero-order valence-corrected chi connectivity index (χ0v) is 18.5. The van der Waals surface area contributed by atoms with E-state index in [0.717, 1.165) is 19.3 Å². The van der Waals surface area contributed by atoms with Gasteiger partial charge in [-0.2, -0.15) is 0 Å². The van der Waals surface area contributed by atoms with E-state index in [0.29, 0.717) is 42.0 Å². The third kappa shape index (κ3) is 4.48. The summed E-state index contributed by atoms with van der Waals surface area (Å²) in [6.07, 6.45) is 2.24. The van der Waals surface area contributed by atoms with Crippen molar-refractivity contribution < 1.29 is 18.7 Å². The van der Waals surface area contributed by atoms with Gasteiger partial charge >= 0.3 is 6.09 Å². The molecule has 0 radical (unpaired) electrons. The van der Waals surface area contributed by atoms with Crippen LogP contribution in [0.2, 0.25) is 0 Å². The van der Waals surface area contributed by atoms with Crippen molar-refractivity contribution in [2.45, 2.75) is 51.7 Å². The number of carbonyl (C=O) groups excluding carboxylic acids is 1. The molecule has 7 nitrogen and oxygen atoms in total. The van der Waals surface area contributed by atoms with Crippen molar-refractivity contribution in [3.8, 4) is 5.75 Å². The number of methoxy groups -OCH3 is 1. The average molecular weight is 432 g/mol. The van der Waals surface area contributed by atoms with Gasteiger partial charge in [0.05, 0.1) is 12.6 Å². The summed E-state index contributed by atoms with van der Waals surface area (Å²) in [5.41, 5.74) is 0.399. The predicted molar refractivity (Wildman–Crippen MR) is 118 cm³/mol. The molecule has 8 heteroatoms. The smallest absolute Gasteiger partial charge is 0.407 e. The van der Waals surface area contributed by atoms with Gasteiger partial charge in [-0.1, -0.05) is 0 Å². The molecule has 0 bridgehead atoms. The molecule has 2 heterocycles. The van der Waals surface area contributed by atoms with Crippen LogP contribution >= 0.6 is 0 Å². The summed E-state index contributed by atoms with van der Waals surface area (Å²) >= 11 is 0. The first kappa shape index (κ1) is 21.5. The first-order valence-corrected chi connectivity index (χ1v) is 10.8. The van der Waals surface area contributed by atoms with Gasteiger partial charge in [0.2, 0.25) is 0 Å². The Labute approximate surface area is 181 Å². The monoisotopic (exact) mass is 431 g/mol. The van der Waals surface area contributed by atoms with Crippen molar-refractivity contribution in [3.05, 3.63) is 34.4 Å². The average Bonchev–Trinajstić information content (AvgIpc) is 3.41. The number of alkyl carbamates (subject to hydrolysis) is 1. The Kier molecular flexibility index (Phi) is 5.58. The van der Waals surface area contributed by atoms with E-state index < -0.39 is 11.7 Å². The van der Waals surface area contributed by atoms with Crippen LogP contribution in [0.15, 0.2) is 23.0 Å². The second-order valence-corrected chi connectivity index (χ2v) is 9.43. The van der Waals surface area contributed by atoms with E-state index in [1.54, 1.807) is 10.6 Å². The minimum absolute atomic E-state index is 0.0910. The summed E-state index contributed by atoms with van der Waals surface area (Å²) in [5.74, 6) is 0.195. The minimum Gasteiger partial charge on any atom is -0.492 e. The molecule has 1 atom stereocenters. The number of ether oxygens (including phenoxy) is 2. The number of nitrogens with zero attached hydrogens (tertiary/aromatic N) is 2. The highest BCUT2D eigenvalue weighted by Gasteiger charge is 2.32. The lowest BCUT2D eigenvalue weighted by atomic mass is 10.1. The number of benzene rings is 1. The minimum atomic E-state index is -0.551. The molecule has 1 aliphatic heterocycles. The number of anilines is 1. The summed E-state index contributed by atoms with van der Waals surface area (Å²) in [4.78, 5) is 26.4. The van der Waals surface area contributed by atoms with Crippen molar-refractivity contribution in [3.63, 3.8) is 0 Å². The van der Waals surface area contributed by atoms with E-state index in [1.807, 2.05) is 25.7 Å². The number of rotatable bonds is 5. The lowest BCUT2D eigenvalue weighted by Gasteiger charge is -2.24. The van der Waals surface area contributed by atoms with Crippen LogP contribution in [-0.4, -0.2) is 43.0 Å². The number of aromatic nitrogens is 1. The zero-order valence-electron chi connectivity index (χ0n) is 18.5. The molecule has 1 amide bonds. The molecule has 4 rings (SSSR count). The topological polar surface area (TPSA) is 72.8 Å². The van der Waals surface area contributed by atoms with Gasteiger partial charge in [0.15, 0.2) is 11.6 Å². The highest BCUT2D eigenvalue weighted by atomic mass is 19.1. The first-order chi connectivity index (χ1) is 14.7. The fourth-order valence-electron chi connectivity index (χ4n) is 4.28. The largest absolute Gasteiger partial charge is 0.492 e. The van der Waals surface area contributed by atoms with Gasteiger partial charge in [-0.05, 0) is 58.1 Å². The molecule has 1 aliphatic carbocycles.